The molecule has 2 heterocycles. The Labute approximate surface area is 162 Å². The Morgan fingerprint density at radius 1 is 1.29 bits per heavy atom. The van der Waals surface area contributed by atoms with Gasteiger partial charge in [0.15, 0.2) is 6.10 Å². The van der Waals surface area contributed by atoms with Crippen LogP contribution >= 0.6 is 0 Å². The zero-order valence-corrected chi connectivity index (χ0v) is 15.7. The number of nitrogens with zero attached hydrogens (tertiary/aromatic N) is 2. The molecule has 0 aromatic carbocycles. The molecule has 0 aliphatic heterocycles. The van der Waals surface area contributed by atoms with Gasteiger partial charge in [0.05, 0.1) is 6.54 Å². The van der Waals surface area contributed by atoms with Crippen LogP contribution in [0, 0.1) is 0 Å². The van der Waals surface area contributed by atoms with Crippen molar-refractivity contribution in [3.8, 4) is 0 Å². The highest BCUT2D eigenvalue weighted by Crippen LogP contribution is 2.17. The normalized spacial score (nSPS) is 15.6. The molecule has 0 radical (unpaired) electrons. The maximum atomic E-state index is 12.2. The van der Waals surface area contributed by atoms with Gasteiger partial charge >= 0.3 is 12.0 Å². The molecule has 150 valence electrons. The number of carbonyl (C=O) groups is 3. The summed E-state index contributed by atoms with van der Waals surface area (Å²) in [6, 6.07) is 4.40. The third-order valence-electron chi connectivity index (χ3n) is 4.57. The quantitative estimate of drug-likeness (QED) is 0.733. The lowest BCUT2D eigenvalue weighted by Crippen LogP contribution is -2.48. The first-order chi connectivity index (χ1) is 13.5. The second-order valence-electron chi connectivity index (χ2n) is 6.81. The van der Waals surface area contributed by atoms with Gasteiger partial charge in [-0.25, -0.2) is 9.59 Å². The van der Waals surface area contributed by atoms with Crippen molar-refractivity contribution in [2.75, 3.05) is 0 Å². The highest BCUT2D eigenvalue weighted by molar-refractivity contribution is 5.98. The average Bonchev–Trinajstić information content (AvgIpc) is 3.35. The molecule has 1 aliphatic rings. The fourth-order valence-electron chi connectivity index (χ4n) is 3.08. The number of urea groups is 1. The Balaban J connectivity index is 1.45. The number of nitrogens with one attached hydrogen (secondary N) is 2. The van der Waals surface area contributed by atoms with Gasteiger partial charge in [0, 0.05) is 18.4 Å². The number of rotatable bonds is 6. The second-order valence-corrected chi connectivity index (χ2v) is 6.81. The molecule has 0 saturated heterocycles. The summed E-state index contributed by atoms with van der Waals surface area (Å²) in [5, 5.41) is 9.04. The van der Waals surface area contributed by atoms with E-state index in [9.17, 15) is 14.4 Å². The van der Waals surface area contributed by atoms with Crippen LogP contribution in [0.5, 0.6) is 0 Å². The number of ether oxygens (including phenoxy) is 1. The molecule has 2 aromatic rings. The zero-order chi connectivity index (χ0) is 19.9. The zero-order valence-electron chi connectivity index (χ0n) is 15.7. The van der Waals surface area contributed by atoms with E-state index in [-0.39, 0.29) is 11.8 Å². The molecule has 1 unspecified atom stereocenters. The number of esters is 1. The molecule has 3 rings (SSSR count). The molecule has 1 fully saturated rings. The molecule has 9 nitrogen and oxygen atoms in total. The smallest absolute Gasteiger partial charge is 0.375 e. The van der Waals surface area contributed by atoms with E-state index in [2.05, 4.69) is 15.7 Å². The van der Waals surface area contributed by atoms with Crippen molar-refractivity contribution in [2.45, 2.75) is 57.7 Å². The van der Waals surface area contributed by atoms with Crippen molar-refractivity contribution >= 4 is 17.9 Å². The molecular weight excluding hydrogens is 364 g/mol. The Morgan fingerprint density at radius 3 is 2.79 bits per heavy atom. The number of aromatic nitrogens is 2. The van der Waals surface area contributed by atoms with E-state index < -0.39 is 24.0 Å². The first-order valence-corrected chi connectivity index (χ1v) is 9.40. The van der Waals surface area contributed by atoms with Crippen LogP contribution in [0.4, 0.5) is 4.79 Å². The minimum Gasteiger partial charge on any atom is -0.452 e. The van der Waals surface area contributed by atoms with Gasteiger partial charge in [0.2, 0.25) is 5.76 Å². The van der Waals surface area contributed by atoms with Gasteiger partial charge < -0.3 is 14.5 Å². The molecule has 1 atom stereocenters. The van der Waals surface area contributed by atoms with Gasteiger partial charge in [0.25, 0.3) is 5.91 Å². The number of amides is 3. The van der Waals surface area contributed by atoms with Crippen molar-refractivity contribution < 1.29 is 23.5 Å². The Kier molecular flexibility index (Phi) is 6.46. The summed E-state index contributed by atoms with van der Waals surface area (Å²) in [4.78, 5) is 36.2. The third kappa shape index (κ3) is 5.45. The highest BCUT2D eigenvalue weighted by atomic mass is 16.6. The molecule has 3 amide bonds. The minimum absolute atomic E-state index is 0.0199. The maximum Gasteiger partial charge on any atom is 0.375 e. The van der Waals surface area contributed by atoms with Crippen LogP contribution in [0.25, 0.3) is 0 Å². The predicted molar refractivity (Wildman–Crippen MR) is 98.5 cm³/mol. The summed E-state index contributed by atoms with van der Waals surface area (Å²) in [6.07, 6.45) is 7.40. The standard InChI is InChI=1S/C19H24N4O5/c1-13(17(24)22-19(26)21-14-6-3-2-4-7-14)27-18(25)16-9-8-15(28-16)12-23-11-5-10-20-23/h5,8-11,13-14H,2-4,6-7,12H2,1H3,(H2,21,22,24,26). The van der Waals surface area contributed by atoms with Crippen molar-refractivity contribution in [2.24, 2.45) is 0 Å². The molecule has 28 heavy (non-hydrogen) atoms. The topological polar surface area (TPSA) is 115 Å². The van der Waals surface area contributed by atoms with Gasteiger partial charge in [0.1, 0.15) is 5.76 Å². The Hall–Kier alpha value is -3.10. The van der Waals surface area contributed by atoms with Crippen LogP contribution in [0.2, 0.25) is 0 Å². The molecule has 0 spiro atoms. The van der Waals surface area contributed by atoms with Gasteiger partial charge in [-0.15, -0.1) is 0 Å². The van der Waals surface area contributed by atoms with Crippen LogP contribution in [0.1, 0.15) is 55.3 Å². The molecule has 9 heteroatoms. The first kappa shape index (κ1) is 19.7. The summed E-state index contributed by atoms with van der Waals surface area (Å²) < 4.78 is 12.2. The fourth-order valence-corrected chi connectivity index (χ4v) is 3.08. The lowest BCUT2D eigenvalue weighted by Gasteiger charge is -2.23. The second kappa shape index (κ2) is 9.20. The Morgan fingerprint density at radius 2 is 2.07 bits per heavy atom. The van der Waals surface area contributed by atoms with Crippen molar-refractivity contribution in [1.82, 2.24) is 20.4 Å². The van der Waals surface area contributed by atoms with E-state index >= 15 is 0 Å². The molecule has 1 saturated carbocycles. The van der Waals surface area contributed by atoms with Crippen LogP contribution in [0.3, 0.4) is 0 Å². The van der Waals surface area contributed by atoms with E-state index in [1.54, 1.807) is 29.2 Å². The van der Waals surface area contributed by atoms with Gasteiger partial charge in [-0.05, 0) is 38.0 Å². The molecule has 0 bridgehead atoms. The van der Waals surface area contributed by atoms with Crippen molar-refractivity contribution in [1.29, 1.82) is 0 Å². The predicted octanol–water partition coefficient (Wildman–Crippen LogP) is 2.23. The fraction of sp³-hybridized carbons (Fsp3) is 0.474. The van der Waals surface area contributed by atoms with Crippen LogP contribution < -0.4 is 10.6 Å². The largest absolute Gasteiger partial charge is 0.452 e. The third-order valence-corrected chi connectivity index (χ3v) is 4.57. The van der Waals surface area contributed by atoms with Gasteiger partial charge in [-0.1, -0.05) is 19.3 Å². The summed E-state index contributed by atoms with van der Waals surface area (Å²) in [5.41, 5.74) is 0. The minimum atomic E-state index is -1.13. The number of hydrogen-bond acceptors (Lipinski definition) is 6. The number of hydrogen-bond donors (Lipinski definition) is 2. The summed E-state index contributed by atoms with van der Waals surface area (Å²) in [5.74, 6) is -0.958. The molecule has 2 N–H and O–H groups in total. The first-order valence-electron chi connectivity index (χ1n) is 9.40. The molecule has 2 aromatic heterocycles. The molecule has 1 aliphatic carbocycles. The SMILES string of the molecule is CC(OC(=O)c1ccc(Cn2cccn2)o1)C(=O)NC(=O)NC1CCCCC1. The van der Waals surface area contributed by atoms with E-state index in [1.165, 1.54) is 19.4 Å². The van der Waals surface area contributed by atoms with Crippen LogP contribution in [-0.2, 0) is 16.1 Å². The van der Waals surface area contributed by atoms with E-state index in [1.807, 2.05) is 0 Å². The summed E-state index contributed by atoms with van der Waals surface area (Å²) in [7, 11) is 0. The average molecular weight is 388 g/mol. The molecular formula is C19H24N4O5. The highest BCUT2D eigenvalue weighted by Gasteiger charge is 2.24. The number of imide groups is 1. The van der Waals surface area contributed by atoms with Crippen molar-refractivity contribution in [3.05, 3.63) is 42.1 Å². The monoisotopic (exact) mass is 388 g/mol. The van der Waals surface area contributed by atoms with E-state index in [0.717, 1.165) is 25.7 Å². The summed E-state index contributed by atoms with van der Waals surface area (Å²) in [6.45, 7) is 1.77. The van der Waals surface area contributed by atoms with Gasteiger partial charge in [-0.2, -0.15) is 5.10 Å². The van der Waals surface area contributed by atoms with Crippen molar-refractivity contribution in [3.63, 3.8) is 0 Å². The maximum absolute atomic E-state index is 12.2. The summed E-state index contributed by atoms with van der Waals surface area (Å²) >= 11 is 0. The van der Waals surface area contributed by atoms with Gasteiger partial charge in [-0.3, -0.25) is 14.8 Å². The number of furan rings is 1. The lowest BCUT2D eigenvalue weighted by molar-refractivity contribution is -0.128. The number of carbonyl (C=O) groups excluding carboxylic acids is 3. The van der Waals surface area contributed by atoms with Crippen LogP contribution in [-0.4, -0.2) is 39.8 Å². The van der Waals surface area contributed by atoms with Crippen LogP contribution in [0.15, 0.2) is 35.0 Å². The van der Waals surface area contributed by atoms with E-state index in [4.69, 9.17) is 9.15 Å². The lowest BCUT2D eigenvalue weighted by atomic mass is 9.96. The van der Waals surface area contributed by atoms with E-state index in [0.29, 0.717) is 12.3 Å². The Bertz CT molecular complexity index is 808.